The lowest BCUT2D eigenvalue weighted by Crippen LogP contribution is -2.50. The molecule has 0 spiro atoms. The number of rotatable bonds is 4. The van der Waals surface area contributed by atoms with Crippen LogP contribution in [0.25, 0.3) is 0 Å². The molecule has 1 aromatic rings. The Morgan fingerprint density at radius 2 is 1.73 bits per heavy atom. The maximum absolute atomic E-state index is 12.2. The summed E-state index contributed by atoms with van der Waals surface area (Å²) >= 11 is 0. The Morgan fingerprint density at radius 3 is 2.31 bits per heavy atom. The molecule has 1 heterocycles. The minimum Gasteiger partial charge on any atom is -0.444 e. The average Bonchev–Trinajstić information content (AvgIpc) is 2.53. The lowest BCUT2D eigenvalue weighted by Gasteiger charge is -2.37. The van der Waals surface area contributed by atoms with Gasteiger partial charge in [0.25, 0.3) is 0 Å². The first-order valence-electron chi connectivity index (χ1n) is 9.27. The minimum absolute atomic E-state index is 0.0276. The van der Waals surface area contributed by atoms with E-state index in [2.05, 4.69) is 10.2 Å². The maximum Gasteiger partial charge on any atom is 0.410 e. The zero-order valence-electron chi connectivity index (χ0n) is 16.5. The number of nitrogens with one attached hydrogen (secondary N) is 1. The second-order valence-electron chi connectivity index (χ2n) is 8.12. The number of ether oxygens (including phenoxy) is 1. The highest BCUT2D eigenvalue weighted by Gasteiger charge is 2.26. The number of benzene rings is 1. The molecule has 1 aliphatic rings. The fourth-order valence-corrected chi connectivity index (χ4v) is 2.88. The average molecular weight is 361 g/mol. The molecule has 0 unspecified atom stereocenters. The van der Waals surface area contributed by atoms with Crippen LogP contribution in [0.15, 0.2) is 24.3 Å². The van der Waals surface area contributed by atoms with Gasteiger partial charge >= 0.3 is 6.09 Å². The monoisotopic (exact) mass is 361 g/mol. The van der Waals surface area contributed by atoms with Crippen molar-refractivity contribution in [1.82, 2.24) is 4.90 Å². The Morgan fingerprint density at radius 1 is 1.12 bits per heavy atom. The summed E-state index contributed by atoms with van der Waals surface area (Å²) in [6, 6.07) is 7.82. The third kappa shape index (κ3) is 5.93. The normalized spacial score (nSPS) is 15.2. The van der Waals surface area contributed by atoms with Gasteiger partial charge in [-0.1, -0.05) is 26.0 Å². The highest BCUT2D eigenvalue weighted by atomic mass is 16.6. The third-order valence-electron chi connectivity index (χ3n) is 4.04. The summed E-state index contributed by atoms with van der Waals surface area (Å²) in [6.07, 6.45) is 0.233. The van der Waals surface area contributed by atoms with Crippen LogP contribution in [0.3, 0.4) is 0 Å². The van der Waals surface area contributed by atoms with Gasteiger partial charge in [0.1, 0.15) is 5.60 Å². The molecule has 0 atom stereocenters. The largest absolute Gasteiger partial charge is 0.444 e. The van der Waals surface area contributed by atoms with Crippen LogP contribution in [-0.2, 0) is 9.53 Å². The van der Waals surface area contributed by atoms with Gasteiger partial charge in [0.15, 0.2) is 0 Å². The number of hydrogen-bond acceptors (Lipinski definition) is 4. The molecule has 6 heteroatoms. The zero-order valence-corrected chi connectivity index (χ0v) is 16.5. The third-order valence-corrected chi connectivity index (χ3v) is 4.04. The van der Waals surface area contributed by atoms with Crippen LogP contribution in [0, 0.1) is 5.92 Å². The molecular formula is C20H31N3O3. The molecule has 1 saturated heterocycles. The zero-order chi connectivity index (χ0) is 19.3. The van der Waals surface area contributed by atoms with Gasteiger partial charge < -0.3 is 19.9 Å². The lowest BCUT2D eigenvalue weighted by molar-refractivity contribution is -0.116. The van der Waals surface area contributed by atoms with Gasteiger partial charge in [-0.25, -0.2) is 4.79 Å². The van der Waals surface area contributed by atoms with E-state index in [0.717, 1.165) is 11.4 Å². The highest BCUT2D eigenvalue weighted by Crippen LogP contribution is 2.27. The van der Waals surface area contributed by atoms with Gasteiger partial charge in [0.2, 0.25) is 5.91 Å². The molecule has 1 fully saturated rings. The van der Waals surface area contributed by atoms with Crippen LogP contribution in [0.4, 0.5) is 16.2 Å². The van der Waals surface area contributed by atoms with Crippen molar-refractivity contribution in [2.24, 2.45) is 5.92 Å². The number of hydrogen-bond donors (Lipinski definition) is 1. The Balaban J connectivity index is 1.99. The van der Waals surface area contributed by atoms with E-state index in [-0.39, 0.29) is 12.0 Å². The Bertz CT molecular complexity index is 629. The lowest BCUT2D eigenvalue weighted by atomic mass is 10.1. The van der Waals surface area contributed by atoms with E-state index in [0.29, 0.717) is 38.5 Å². The number of anilines is 2. The molecule has 0 radical (unpaired) electrons. The smallest absolute Gasteiger partial charge is 0.410 e. The van der Waals surface area contributed by atoms with E-state index >= 15 is 0 Å². The second kappa shape index (κ2) is 8.43. The van der Waals surface area contributed by atoms with Gasteiger partial charge in [-0.05, 0) is 38.8 Å². The van der Waals surface area contributed by atoms with Crippen LogP contribution in [0.2, 0.25) is 0 Å². The van der Waals surface area contributed by atoms with E-state index in [1.807, 2.05) is 58.9 Å². The van der Waals surface area contributed by atoms with Crippen molar-refractivity contribution in [3.8, 4) is 0 Å². The van der Waals surface area contributed by atoms with Gasteiger partial charge in [-0.2, -0.15) is 0 Å². The van der Waals surface area contributed by atoms with E-state index in [9.17, 15) is 9.59 Å². The van der Waals surface area contributed by atoms with Crippen LogP contribution in [0.1, 0.15) is 41.0 Å². The summed E-state index contributed by atoms with van der Waals surface area (Å²) < 4.78 is 5.44. The number of carbonyl (C=O) groups is 2. The SMILES string of the molecule is CC(C)CC(=O)Nc1ccccc1N1CCN(C(=O)OC(C)(C)C)CC1. The Labute approximate surface area is 156 Å². The predicted octanol–water partition coefficient (Wildman–Crippen LogP) is 3.73. The first-order chi connectivity index (χ1) is 12.2. The van der Waals surface area contributed by atoms with Crippen molar-refractivity contribution in [3.05, 3.63) is 24.3 Å². The predicted molar refractivity (Wildman–Crippen MR) is 105 cm³/mol. The molecule has 1 aliphatic heterocycles. The van der Waals surface area contributed by atoms with E-state index in [1.165, 1.54) is 0 Å². The highest BCUT2D eigenvalue weighted by molar-refractivity contribution is 5.94. The molecular weight excluding hydrogens is 330 g/mol. The van der Waals surface area contributed by atoms with E-state index in [4.69, 9.17) is 4.74 Å². The van der Waals surface area contributed by atoms with Gasteiger partial charge in [0, 0.05) is 32.6 Å². The van der Waals surface area contributed by atoms with Gasteiger partial charge in [0.05, 0.1) is 11.4 Å². The molecule has 0 bridgehead atoms. The van der Waals surface area contributed by atoms with Gasteiger partial charge in [-0.3, -0.25) is 4.79 Å². The van der Waals surface area contributed by atoms with Crippen LogP contribution < -0.4 is 10.2 Å². The maximum atomic E-state index is 12.2. The standard InChI is InChI=1S/C20H31N3O3/c1-15(2)14-18(24)21-16-8-6-7-9-17(16)22-10-12-23(13-11-22)19(25)26-20(3,4)5/h6-9,15H,10-14H2,1-5H3,(H,21,24). The summed E-state index contributed by atoms with van der Waals surface area (Å²) in [5.41, 5.74) is 1.33. The second-order valence-corrected chi connectivity index (χ2v) is 8.12. The number of amides is 2. The molecule has 1 aromatic carbocycles. The first-order valence-corrected chi connectivity index (χ1v) is 9.27. The number of para-hydroxylation sites is 2. The topological polar surface area (TPSA) is 61.9 Å². The van der Waals surface area contributed by atoms with Crippen LogP contribution in [-0.4, -0.2) is 48.7 Å². The summed E-state index contributed by atoms with van der Waals surface area (Å²) in [6.45, 7) is 12.3. The molecule has 0 aromatic heterocycles. The van der Waals surface area contributed by atoms with Crippen LogP contribution in [0.5, 0.6) is 0 Å². The molecule has 6 nitrogen and oxygen atoms in total. The minimum atomic E-state index is -0.485. The first kappa shape index (κ1) is 20.1. The van der Waals surface area contributed by atoms with Crippen molar-refractivity contribution in [2.75, 3.05) is 36.4 Å². The molecule has 0 saturated carbocycles. The summed E-state index contributed by atoms with van der Waals surface area (Å²) in [5, 5.41) is 3.02. The Hall–Kier alpha value is -2.24. The molecule has 1 N–H and O–H groups in total. The quantitative estimate of drug-likeness (QED) is 0.888. The molecule has 26 heavy (non-hydrogen) atoms. The van der Waals surface area contributed by atoms with E-state index in [1.54, 1.807) is 4.90 Å². The summed E-state index contributed by atoms with van der Waals surface area (Å²) in [5.74, 6) is 0.347. The van der Waals surface area contributed by atoms with Crippen LogP contribution >= 0.6 is 0 Å². The number of carbonyl (C=O) groups excluding carboxylic acids is 2. The summed E-state index contributed by atoms with van der Waals surface area (Å²) in [7, 11) is 0. The summed E-state index contributed by atoms with van der Waals surface area (Å²) in [4.78, 5) is 28.3. The van der Waals surface area contributed by atoms with Crippen molar-refractivity contribution in [1.29, 1.82) is 0 Å². The Kier molecular flexibility index (Phi) is 6.51. The number of piperazine rings is 1. The molecule has 0 aliphatic carbocycles. The fourth-order valence-electron chi connectivity index (χ4n) is 2.88. The van der Waals surface area contributed by atoms with Crippen molar-refractivity contribution < 1.29 is 14.3 Å². The molecule has 2 amide bonds. The van der Waals surface area contributed by atoms with Crippen molar-refractivity contribution in [3.63, 3.8) is 0 Å². The fraction of sp³-hybridized carbons (Fsp3) is 0.600. The van der Waals surface area contributed by atoms with Crippen molar-refractivity contribution >= 4 is 23.4 Å². The van der Waals surface area contributed by atoms with Gasteiger partial charge in [-0.15, -0.1) is 0 Å². The molecule has 2 rings (SSSR count). The van der Waals surface area contributed by atoms with E-state index < -0.39 is 5.60 Å². The number of nitrogens with zero attached hydrogens (tertiary/aromatic N) is 2. The van der Waals surface area contributed by atoms with Crippen molar-refractivity contribution in [2.45, 2.75) is 46.6 Å². The molecule has 144 valence electrons.